The number of hydrogen-bond acceptors (Lipinski definition) is 5. The third-order valence-electron chi connectivity index (χ3n) is 5.21. The Labute approximate surface area is 152 Å². The predicted molar refractivity (Wildman–Crippen MR) is 98.4 cm³/mol. The van der Waals surface area contributed by atoms with E-state index in [0.717, 1.165) is 38.7 Å². The third kappa shape index (κ3) is 2.88. The van der Waals surface area contributed by atoms with E-state index in [9.17, 15) is 9.59 Å². The standard InChI is InChI=1S/C19H23N5O2/c1-2-22-8-7-20-19(22)23-12-9-21(10-13-23)11-14-24-17(25)15-5-3-4-6-16(15)18(24)26/h3-8H,2,9-14H2,1H3. The predicted octanol–water partition coefficient (Wildman–Crippen LogP) is 1.32. The number of anilines is 1. The van der Waals surface area contributed by atoms with Gasteiger partial charge in [-0.25, -0.2) is 4.98 Å². The van der Waals surface area contributed by atoms with Crippen molar-refractivity contribution in [3.05, 3.63) is 47.8 Å². The molecule has 3 heterocycles. The first kappa shape index (κ1) is 16.8. The first-order valence-corrected chi connectivity index (χ1v) is 9.12. The van der Waals surface area contributed by atoms with Crippen molar-refractivity contribution in [2.45, 2.75) is 13.5 Å². The molecule has 136 valence electrons. The molecular formula is C19H23N5O2. The van der Waals surface area contributed by atoms with Crippen LogP contribution in [0.25, 0.3) is 0 Å². The van der Waals surface area contributed by atoms with Crippen LogP contribution in [-0.2, 0) is 6.54 Å². The number of benzene rings is 1. The lowest BCUT2D eigenvalue weighted by atomic mass is 10.1. The number of carbonyl (C=O) groups is 2. The van der Waals surface area contributed by atoms with Gasteiger partial charge in [0.2, 0.25) is 5.95 Å². The van der Waals surface area contributed by atoms with Gasteiger partial charge in [0.15, 0.2) is 0 Å². The summed E-state index contributed by atoms with van der Waals surface area (Å²) in [6, 6.07) is 7.05. The van der Waals surface area contributed by atoms with Gasteiger partial charge in [-0.1, -0.05) is 12.1 Å². The van der Waals surface area contributed by atoms with Crippen LogP contribution in [0, 0.1) is 0 Å². The Morgan fingerprint density at radius 3 is 2.23 bits per heavy atom. The lowest BCUT2D eigenvalue weighted by molar-refractivity contribution is 0.0635. The van der Waals surface area contributed by atoms with E-state index < -0.39 is 0 Å². The van der Waals surface area contributed by atoms with E-state index in [1.54, 1.807) is 24.3 Å². The molecule has 0 atom stereocenters. The van der Waals surface area contributed by atoms with Crippen molar-refractivity contribution < 1.29 is 9.59 Å². The molecule has 1 saturated heterocycles. The van der Waals surface area contributed by atoms with Crippen LogP contribution < -0.4 is 4.90 Å². The summed E-state index contributed by atoms with van der Waals surface area (Å²) >= 11 is 0. The van der Waals surface area contributed by atoms with Crippen molar-refractivity contribution in [1.29, 1.82) is 0 Å². The van der Waals surface area contributed by atoms with E-state index >= 15 is 0 Å². The van der Waals surface area contributed by atoms with Crippen LogP contribution in [-0.4, -0.2) is 70.4 Å². The maximum atomic E-state index is 12.4. The summed E-state index contributed by atoms with van der Waals surface area (Å²) in [4.78, 5) is 35.3. The molecule has 0 radical (unpaired) electrons. The molecule has 1 fully saturated rings. The maximum absolute atomic E-state index is 12.4. The van der Waals surface area contributed by atoms with E-state index in [0.29, 0.717) is 24.2 Å². The van der Waals surface area contributed by atoms with Crippen molar-refractivity contribution in [3.63, 3.8) is 0 Å². The van der Waals surface area contributed by atoms with Gasteiger partial charge >= 0.3 is 0 Å². The molecule has 0 spiro atoms. The van der Waals surface area contributed by atoms with Crippen molar-refractivity contribution >= 4 is 17.8 Å². The van der Waals surface area contributed by atoms with Crippen LogP contribution in [0.3, 0.4) is 0 Å². The Morgan fingerprint density at radius 2 is 1.62 bits per heavy atom. The highest BCUT2D eigenvalue weighted by atomic mass is 16.2. The van der Waals surface area contributed by atoms with Crippen molar-refractivity contribution in [2.75, 3.05) is 44.2 Å². The fourth-order valence-corrected chi connectivity index (χ4v) is 3.69. The number of imide groups is 1. The monoisotopic (exact) mass is 353 g/mol. The molecule has 1 aromatic heterocycles. The first-order chi connectivity index (χ1) is 12.7. The highest BCUT2D eigenvalue weighted by molar-refractivity contribution is 6.21. The van der Waals surface area contributed by atoms with E-state index in [4.69, 9.17) is 0 Å². The molecule has 26 heavy (non-hydrogen) atoms. The van der Waals surface area contributed by atoms with Crippen LogP contribution in [0.2, 0.25) is 0 Å². The summed E-state index contributed by atoms with van der Waals surface area (Å²) in [5, 5.41) is 0. The Kier molecular flexibility index (Phi) is 4.46. The van der Waals surface area contributed by atoms with Gasteiger partial charge in [0.1, 0.15) is 0 Å². The Balaban J connectivity index is 1.32. The normalized spacial score (nSPS) is 17.9. The highest BCUT2D eigenvalue weighted by Crippen LogP contribution is 2.22. The molecule has 2 aliphatic heterocycles. The van der Waals surface area contributed by atoms with Gasteiger partial charge in [0.05, 0.1) is 11.1 Å². The number of carbonyl (C=O) groups excluding carboxylic acids is 2. The number of hydrogen-bond donors (Lipinski definition) is 0. The largest absolute Gasteiger partial charge is 0.340 e. The molecule has 7 heteroatoms. The molecule has 0 unspecified atom stereocenters. The molecular weight excluding hydrogens is 330 g/mol. The van der Waals surface area contributed by atoms with Crippen molar-refractivity contribution in [3.8, 4) is 0 Å². The minimum atomic E-state index is -0.172. The Morgan fingerprint density at radius 1 is 0.962 bits per heavy atom. The Bertz CT molecular complexity index is 788. The quantitative estimate of drug-likeness (QED) is 0.759. The number of nitrogens with zero attached hydrogens (tertiary/aromatic N) is 5. The van der Waals surface area contributed by atoms with Gasteiger partial charge in [-0.2, -0.15) is 0 Å². The SMILES string of the molecule is CCn1ccnc1N1CCN(CCN2C(=O)c3ccccc3C2=O)CC1. The van der Waals surface area contributed by atoms with Crippen LogP contribution in [0.15, 0.2) is 36.7 Å². The fourth-order valence-electron chi connectivity index (χ4n) is 3.69. The molecule has 0 bridgehead atoms. The number of amides is 2. The molecule has 2 amide bonds. The summed E-state index contributed by atoms with van der Waals surface area (Å²) in [6.45, 7) is 7.79. The second kappa shape index (κ2) is 6.92. The summed E-state index contributed by atoms with van der Waals surface area (Å²) in [7, 11) is 0. The topological polar surface area (TPSA) is 61.7 Å². The average molecular weight is 353 g/mol. The zero-order valence-electron chi connectivity index (χ0n) is 15.0. The average Bonchev–Trinajstić information content (AvgIpc) is 3.25. The second-order valence-electron chi connectivity index (χ2n) is 6.65. The van der Waals surface area contributed by atoms with Gasteiger partial charge in [-0.15, -0.1) is 0 Å². The molecule has 2 aromatic rings. The number of fused-ring (bicyclic) bond motifs is 1. The zero-order chi connectivity index (χ0) is 18.1. The lowest BCUT2D eigenvalue weighted by Gasteiger charge is -2.35. The van der Waals surface area contributed by atoms with Gasteiger partial charge in [-0.3, -0.25) is 19.4 Å². The van der Waals surface area contributed by atoms with Crippen molar-refractivity contribution in [1.82, 2.24) is 19.4 Å². The molecule has 2 aliphatic rings. The van der Waals surface area contributed by atoms with Crippen molar-refractivity contribution in [2.24, 2.45) is 0 Å². The lowest BCUT2D eigenvalue weighted by Crippen LogP contribution is -2.49. The second-order valence-corrected chi connectivity index (χ2v) is 6.65. The fraction of sp³-hybridized carbons (Fsp3) is 0.421. The number of imidazole rings is 1. The van der Waals surface area contributed by atoms with E-state index in [-0.39, 0.29) is 11.8 Å². The summed E-state index contributed by atoms with van der Waals surface area (Å²) in [5.41, 5.74) is 1.04. The number of piperazine rings is 1. The molecule has 1 aromatic carbocycles. The molecule has 0 saturated carbocycles. The van der Waals surface area contributed by atoms with Crippen LogP contribution in [0.1, 0.15) is 27.6 Å². The molecule has 0 N–H and O–H groups in total. The number of rotatable bonds is 5. The van der Waals surface area contributed by atoms with E-state index in [1.165, 1.54) is 4.90 Å². The van der Waals surface area contributed by atoms with Gasteiger partial charge < -0.3 is 9.47 Å². The van der Waals surface area contributed by atoms with Crippen LogP contribution in [0.4, 0.5) is 5.95 Å². The highest BCUT2D eigenvalue weighted by Gasteiger charge is 2.35. The van der Waals surface area contributed by atoms with Gasteiger partial charge in [0, 0.05) is 58.2 Å². The molecule has 0 aliphatic carbocycles. The maximum Gasteiger partial charge on any atom is 0.261 e. The van der Waals surface area contributed by atoms with E-state index in [2.05, 4.69) is 26.3 Å². The summed E-state index contributed by atoms with van der Waals surface area (Å²) < 4.78 is 2.15. The third-order valence-corrected chi connectivity index (χ3v) is 5.21. The first-order valence-electron chi connectivity index (χ1n) is 9.12. The molecule has 4 rings (SSSR count). The van der Waals surface area contributed by atoms with Crippen LogP contribution >= 0.6 is 0 Å². The zero-order valence-corrected chi connectivity index (χ0v) is 15.0. The van der Waals surface area contributed by atoms with Crippen LogP contribution in [0.5, 0.6) is 0 Å². The smallest absolute Gasteiger partial charge is 0.261 e. The van der Waals surface area contributed by atoms with E-state index in [1.807, 2.05) is 12.4 Å². The Hall–Kier alpha value is -2.67. The molecule has 7 nitrogen and oxygen atoms in total. The summed E-state index contributed by atoms with van der Waals surface area (Å²) in [5.74, 6) is 0.677. The minimum Gasteiger partial charge on any atom is -0.340 e. The van der Waals surface area contributed by atoms with Gasteiger partial charge in [-0.05, 0) is 19.1 Å². The van der Waals surface area contributed by atoms with Gasteiger partial charge in [0.25, 0.3) is 11.8 Å². The summed E-state index contributed by atoms with van der Waals surface area (Å²) in [6.07, 6.45) is 3.84. The number of aryl methyl sites for hydroxylation is 1. The number of aromatic nitrogens is 2. The minimum absolute atomic E-state index is 0.172.